The first-order chi connectivity index (χ1) is 13.7. The number of benzene rings is 1. The third-order valence-corrected chi connectivity index (χ3v) is 6.12. The van der Waals surface area contributed by atoms with Gasteiger partial charge in [0.05, 0.1) is 12.9 Å². The maximum Gasteiger partial charge on any atom is 0.348 e. The van der Waals surface area contributed by atoms with Crippen LogP contribution in [0.25, 0.3) is 10.1 Å². The van der Waals surface area contributed by atoms with E-state index in [9.17, 15) is 9.18 Å². The number of thioether (sulfide) groups is 1. The SMILES string of the molecule is CCOC(=O)c1sc2cccc(F)c2c1CSc1nnnn1Cc1ccco1. The first kappa shape index (κ1) is 18.6. The second-order valence-corrected chi connectivity index (χ2v) is 7.73. The van der Waals surface area contributed by atoms with Gasteiger partial charge in [0.25, 0.3) is 0 Å². The number of esters is 1. The molecule has 0 fully saturated rings. The summed E-state index contributed by atoms with van der Waals surface area (Å²) in [6.07, 6.45) is 1.58. The van der Waals surface area contributed by atoms with Crippen LogP contribution in [-0.2, 0) is 17.0 Å². The molecule has 0 aliphatic heterocycles. The highest BCUT2D eigenvalue weighted by molar-refractivity contribution is 7.98. The standard InChI is InChI=1S/C18H15FN4O3S2/c1-2-25-17(24)16-12(15-13(19)6-3-7-14(15)28-16)10-27-18-20-21-22-23(18)9-11-5-4-8-26-11/h3-8H,2,9-10H2,1H3. The molecule has 0 aliphatic rings. The molecule has 0 unspecified atom stereocenters. The van der Waals surface area contributed by atoms with Crippen LogP contribution in [0.3, 0.4) is 0 Å². The van der Waals surface area contributed by atoms with E-state index in [1.54, 1.807) is 36.1 Å². The molecule has 10 heteroatoms. The van der Waals surface area contributed by atoms with E-state index < -0.39 is 5.97 Å². The summed E-state index contributed by atoms with van der Waals surface area (Å²) < 4.78 is 27.3. The van der Waals surface area contributed by atoms with Gasteiger partial charge in [-0.2, -0.15) is 0 Å². The van der Waals surface area contributed by atoms with Crippen LogP contribution in [0, 0.1) is 5.82 Å². The number of tetrazole rings is 1. The van der Waals surface area contributed by atoms with Gasteiger partial charge < -0.3 is 9.15 Å². The number of furan rings is 1. The Bertz CT molecular complexity index is 1110. The summed E-state index contributed by atoms with van der Waals surface area (Å²) in [7, 11) is 0. The molecule has 0 spiro atoms. The van der Waals surface area contributed by atoms with Crippen molar-refractivity contribution >= 4 is 39.2 Å². The fourth-order valence-corrected chi connectivity index (χ4v) is 4.88. The van der Waals surface area contributed by atoms with Crippen LogP contribution in [0.4, 0.5) is 4.39 Å². The summed E-state index contributed by atoms with van der Waals surface area (Å²) in [6, 6.07) is 8.43. The van der Waals surface area contributed by atoms with Crippen molar-refractivity contribution in [3.63, 3.8) is 0 Å². The minimum absolute atomic E-state index is 0.254. The highest BCUT2D eigenvalue weighted by atomic mass is 32.2. The van der Waals surface area contributed by atoms with Crippen molar-refractivity contribution in [1.82, 2.24) is 20.2 Å². The van der Waals surface area contributed by atoms with E-state index in [0.717, 1.165) is 0 Å². The van der Waals surface area contributed by atoms with Gasteiger partial charge in [0.15, 0.2) is 0 Å². The number of carbonyl (C=O) groups excluding carboxylic acids is 1. The molecule has 0 amide bonds. The predicted molar refractivity (Wildman–Crippen MR) is 103 cm³/mol. The smallest absolute Gasteiger partial charge is 0.348 e. The van der Waals surface area contributed by atoms with Crippen molar-refractivity contribution in [3.8, 4) is 0 Å². The Morgan fingerprint density at radius 3 is 3.04 bits per heavy atom. The van der Waals surface area contributed by atoms with E-state index in [0.29, 0.717) is 43.7 Å². The molecule has 7 nitrogen and oxygen atoms in total. The van der Waals surface area contributed by atoms with E-state index in [4.69, 9.17) is 9.15 Å². The number of aromatic nitrogens is 4. The number of hydrogen-bond acceptors (Lipinski definition) is 8. The number of halogens is 1. The molecule has 0 bridgehead atoms. The molecular formula is C18H15FN4O3S2. The van der Waals surface area contributed by atoms with Crippen LogP contribution < -0.4 is 0 Å². The number of ether oxygens (including phenoxy) is 1. The van der Waals surface area contributed by atoms with Crippen LogP contribution in [0.1, 0.15) is 27.9 Å². The van der Waals surface area contributed by atoms with Crippen molar-refractivity contribution < 1.29 is 18.3 Å². The maximum absolute atomic E-state index is 14.5. The summed E-state index contributed by atoms with van der Waals surface area (Å²) >= 11 is 2.55. The Hall–Kier alpha value is -2.72. The van der Waals surface area contributed by atoms with Crippen molar-refractivity contribution in [3.05, 3.63) is 58.6 Å². The Morgan fingerprint density at radius 1 is 1.36 bits per heavy atom. The lowest BCUT2D eigenvalue weighted by Gasteiger charge is -2.05. The molecule has 28 heavy (non-hydrogen) atoms. The van der Waals surface area contributed by atoms with Gasteiger partial charge in [-0.3, -0.25) is 0 Å². The summed E-state index contributed by atoms with van der Waals surface area (Å²) in [6.45, 7) is 2.37. The molecule has 3 heterocycles. The fraction of sp³-hybridized carbons (Fsp3) is 0.222. The normalized spacial score (nSPS) is 11.2. The second-order valence-electron chi connectivity index (χ2n) is 5.73. The number of hydrogen-bond donors (Lipinski definition) is 0. The number of thiophene rings is 1. The van der Waals surface area contributed by atoms with E-state index in [-0.39, 0.29) is 12.4 Å². The Kier molecular flexibility index (Phi) is 5.40. The first-order valence-electron chi connectivity index (χ1n) is 8.45. The van der Waals surface area contributed by atoms with E-state index in [1.165, 1.54) is 29.2 Å². The first-order valence-corrected chi connectivity index (χ1v) is 10.3. The third kappa shape index (κ3) is 3.65. The summed E-state index contributed by atoms with van der Waals surface area (Å²) in [5, 5.41) is 12.7. The number of rotatable bonds is 7. The lowest BCUT2D eigenvalue weighted by atomic mass is 10.1. The van der Waals surface area contributed by atoms with Crippen LogP contribution in [-0.4, -0.2) is 32.8 Å². The van der Waals surface area contributed by atoms with Gasteiger partial charge in [-0.1, -0.05) is 17.8 Å². The quantitative estimate of drug-likeness (QED) is 0.329. The molecule has 0 N–H and O–H groups in total. The van der Waals surface area contributed by atoms with Crippen molar-refractivity contribution in [2.75, 3.05) is 6.61 Å². The zero-order valence-corrected chi connectivity index (χ0v) is 16.4. The molecule has 0 radical (unpaired) electrons. The summed E-state index contributed by atoms with van der Waals surface area (Å²) in [5.74, 6) is 0.227. The lowest BCUT2D eigenvalue weighted by Crippen LogP contribution is -2.06. The molecule has 144 valence electrons. The second kappa shape index (κ2) is 8.11. The highest BCUT2D eigenvalue weighted by Gasteiger charge is 2.22. The molecule has 4 aromatic rings. The largest absolute Gasteiger partial charge is 0.467 e. The molecule has 0 aliphatic carbocycles. The Balaban J connectivity index is 1.64. The van der Waals surface area contributed by atoms with E-state index >= 15 is 0 Å². The van der Waals surface area contributed by atoms with Crippen molar-refractivity contribution in [2.24, 2.45) is 0 Å². The van der Waals surface area contributed by atoms with Gasteiger partial charge >= 0.3 is 5.97 Å². The maximum atomic E-state index is 14.5. The number of carbonyl (C=O) groups is 1. The minimum Gasteiger partial charge on any atom is -0.467 e. The predicted octanol–water partition coefficient (Wildman–Crippen LogP) is 4.14. The van der Waals surface area contributed by atoms with Crippen LogP contribution in [0.15, 0.2) is 46.2 Å². The monoisotopic (exact) mass is 418 g/mol. The van der Waals surface area contributed by atoms with Gasteiger partial charge in [-0.15, -0.1) is 16.4 Å². The van der Waals surface area contributed by atoms with Crippen LogP contribution in [0.5, 0.6) is 0 Å². The molecule has 0 saturated heterocycles. The van der Waals surface area contributed by atoms with Gasteiger partial charge in [0.1, 0.15) is 23.0 Å². The zero-order chi connectivity index (χ0) is 19.5. The highest BCUT2D eigenvalue weighted by Crippen LogP contribution is 2.37. The van der Waals surface area contributed by atoms with Crippen molar-refractivity contribution in [1.29, 1.82) is 0 Å². The van der Waals surface area contributed by atoms with Crippen LogP contribution >= 0.6 is 23.1 Å². The van der Waals surface area contributed by atoms with Gasteiger partial charge in [-0.05, 0) is 47.2 Å². The van der Waals surface area contributed by atoms with E-state index in [2.05, 4.69) is 15.5 Å². The summed E-state index contributed by atoms with van der Waals surface area (Å²) in [4.78, 5) is 12.8. The molecular weight excluding hydrogens is 403 g/mol. The lowest BCUT2D eigenvalue weighted by molar-refractivity contribution is 0.0531. The molecule has 0 atom stereocenters. The topological polar surface area (TPSA) is 83.0 Å². The van der Waals surface area contributed by atoms with Gasteiger partial charge in [-0.25, -0.2) is 13.9 Å². The average Bonchev–Trinajstić information content (AvgIpc) is 3.41. The third-order valence-electron chi connectivity index (χ3n) is 3.95. The molecule has 3 aromatic heterocycles. The zero-order valence-electron chi connectivity index (χ0n) is 14.8. The number of nitrogens with zero attached hydrogens (tertiary/aromatic N) is 4. The van der Waals surface area contributed by atoms with E-state index in [1.807, 2.05) is 6.07 Å². The minimum atomic E-state index is -0.450. The Labute approximate surface area is 167 Å². The average molecular weight is 418 g/mol. The summed E-state index contributed by atoms with van der Waals surface area (Å²) in [5.41, 5.74) is 0.592. The van der Waals surface area contributed by atoms with Gasteiger partial charge in [0.2, 0.25) is 5.16 Å². The Morgan fingerprint density at radius 2 is 2.25 bits per heavy atom. The number of fused-ring (bicyclic) bond motifs is 1. The van der Waals surface area contributed by atoms with Crippen LogP contribution in [0.2, 0.25) is 0 Å². The van der Waals surface area contributed by atoms with Gasteiger partial charge in [0, 0.05) is 15.8 Å². The van der Waals surface area contributed by atoms with Crippen molar-refractivity contribution in [2.45, 2.75) is 24.4 Å². The molecule has 0 saturated carbocycles. The molecule has 1 aromatic carbocycles. The molecule has 4 rings (SSSR count). The fourth-order valence-electron chi connectivity index (χ4n) is 2.75.